The molecule has 0 bridgehead atoms. The molecule has 5 nitrogen and oxygen atoms in total. The maximum Gasteiger partial charge on any atom is 0.168 e. The van der Waals surface area contributed by atoms with Crippen LogP contribution < -0.4 is 9.47 Å². The molecule has 0 atom stereocenters. The Morgan fingerprint density at radius 3 is 2.74 bits per heavy atom. The number of hydrogen-bond acceptors (Lipinski definition) is 4. The fourth-order valence-corrected chi connectivity index (χ4v) is 2.06. The van der Waals surface area contributed by atoms with E-state index in [9.17, 15) is 4.79 Å². The van der Waals surface area contributed by atoms with Gasteiger partial charge in [0, 0.05) is 19.0 Å². The molecule has 1 aromatic heterocycles. The monoisotopic (exact) mass is 258 g/mol. The van der Waals surface area contributed by atoms with Gasteiger partial charge >= 0.3 is 0 Å². The number of carbonyl (C=O) groups is 1. The van der Waals surface area contributed by atoms with E-state index in [-0.39, 0.29) is 0 Å². The number of benzene rings is 1. The lowest BCUT2D eigenvalue weighted by Crippen LogP contribution is -1.97. The van der Waals surface area contributed by atoms with Gasteiger partial charge in [-0.15, -0.1) is 0 Å². The minimum Gasteiger partial charge on any atom is -0.490 e. The molecule has 0 saturated carbocycles. The zero-order valence-electron chi connectivity index (χ0n) is 10.6. The van der Waals surface area contributed by atoms with Crippen molar-refractivity contribution < 1.29 is 14.3 Å². The predicted octanol–water partition coefficient (Wildman–Crippen LogP) is 2.06. The van der Waals surface area contributed by atoms with Crippen LogP contribution in [0.1, 0.15) is 16.9 Å². The number of aromatic nitrogens is 2. The molecule has 0 spiro atoms. The molecule has 0 aliphatic carbocycles. The van der Waals surface area contributed by atoms with Crippen LogP contribution in [0.25, 0.3) is 11.3 Å². The first-order valence-electron chi connectivity index (χ1n) is 6.17. The number of ether oxygens (including phenoxy) is 2. The summed E-state index contributed by atoms with van der Waals surface area (Å²) in [5.41, 5.74) is 2.20. The Hall–Kier alpha value is -2.30. The maximum atomic E-state index is 10.8. The van der Waals surface area contributed by atoms with E-state index in [0.717, 1.165) is 35.5 Å². The third-order valence-corrected chi connectivity index (χ3v) is 3.08. The van der Waals surface area contributed by atoms with Gasteiger partial charge in [-0.25, -0.2) is 0 Å². The molecule has 0 amide bonds. The summed E-state index contributed by atoms with van der Waals surface area (Å²) in [4.78, 5) is 10.8. The third kappa shape index (κ3) is 2.19. The fourth-order valence-electron chi connectivity index (χ4n) is 2.06. The van der Waals surface area contributed by atoms with Gasteiger partial charge in [-0.05, 0) is 24.3 Å². The lowest BCUT2D eigenvalue weighted by atomic mass is 10.1. The van der Waals surface area contributed by atoms with Crippen molar-refractivity contribution >= 4 is 6.29 Å². The van der Waals surface area contributed by atoms with Crippen molar-refractivity contribution in [2.45, 2.75) is 6.42 Å². The Morgan fingerprint density at radius 2 is 2.00 bits per heavy atom. The first-order chi connectivity index (χ1) is 9.28. The first-order valence-corrected chi connectivity index (χ1v) is 6.17. The molecule has 98 valence electrons. The molecule has 1 aromatic carbocycles. The van der Waals surface area contributed by atoms with Crippen LogP contribution in [0, 0.1) is 0 Å². The van der Waals surface area contributed by atoms with Crippen molar-refractivity contribution in [1.82, 2.24) is 9.78 Å². The Kier molecular flexibility index (Phi) is 2.95. The van der Waals surface area contributed by atoms with Crippen molar-refractivity contribution in [3.05, 3.63) is 30.0 Å². The Labute approximate surface area is 110 Å². The van der Waals surface area contributed by atoms with Crippen LogP contribution in [0.4, 0.5) is 0 Å². The van der Waals surface area contributed by atoms with Crippen LogP contribution in [0.3, 0.4) is 0 Å². The van der Waals surface area contributed by atoms with Crippen LogP contribution in [0.5, 0.6) is 11.5 Å². The number of rotatable bonds is 2. The van der Waals surface area contributed by atoms with Crippen LogP contribution >= 0.6 is 0 Å². The van der Waals surface area contributed by atoms with E-state index >= 15 is 0 Å². The summed E-state index contributed by atoms with van der Waals surface area (Å²) in [6, 6.07) is 7.46. The zero-order chi connectivity index (χ0) is 13.2. The van der Waals surface area contributed by atoms with E-state index in [0.29, 0.717) is 18.9 Å². The highest BCUT2D eigenvalue weighted by atomic mass is 16.5. The van der Waals surface area contributed by atoms with Gasteiger partial charge in [-0.2, -0.15) is 5.10 Å². The van der Waals surface area contributed by atoms with E-state index in [1.807, 2.05) is 18.2 Å². The highest BCUT2D eigenvalue weighted by molar-refractivity contribution is 5.76. The molecule has 1 aliphatic heterocycles. The number of carbonyl (C=O) groups excluding carboxylic acids is 1. The van der Waals surface area contributed by atoms with Gasteiger partial charge in [0.05, 0.1) is 18.9 Å². The number of aldehydes is 1. The van der Waals surface area contributed by atoms with Crippen LogP contribution in [-0.2, 0) is 7.05 Å². The highest BCUT2D eigenvalue weighted by Gasteiger charge is 2.13. The largest absolute Gasteiger partial charge is 0.490 e. The van der Waals surface area contributed by atoms with E-state index in [4.69, 9.17) is 9.47 Å². The van der Waals surface area contributed by atoms with Crippen molar-refractivity contribution in [2.24, 2.45) is 7.05 Å². The predicted molar refractivity (Wildman–Crippen MR) is 69.6 cm³/mol. The lowest BCUT2D eigenvalue weighted by Gasteiger charge is -2.07. The van der Waals surface area contributed by atoms with Crippen LogP contribution in [0.2, 0.25) is 0 Å². The molecule has 1 aliphatic rings. The topological polar surface area (TPSA) is 53.4 Å². The Bertz CT molecular complexity index is 619. The average Bonchev–Trinajstić information content (AvgIpc) is 2.66. The van der Waals surface area contributed by atoms with E-state index < -0.39 is 0 Å². The van der Waals surface area contributed by atoms with Gasteiger partial charge in [0.25, 0.3) is 0 Å². The average molecular weight is 258 g/mol. The van der Waals surface area contributed by atoms with Gasteiger partial charge < -0.3 is 9.47 Å². The number of fused-ring (bicyclic) bond motifs is 1. The molecule has 2 aromatic rings. The molecule has 3 rings (SSSR count). The third-order valence-electron chi connectivity index (χ3n) is 3.08. The molecule has 0 N–H and O–H groups in total. The van der Waals surface area contributed by atoms with E-state index in [1.54, 1.807) is 17.8 Å². The summed E-state index contributed by atoms with van der Waals surface area (Å²) in [6.45, 7) is 1.32. The number of hydrogen-bond donors (Lipinski definition) is 0. The highest BCUT2D eigenvalue weighted by Crippen LogP contribution is 2.33. The molecule has 19 heavy (non-hydrogen) atoms. The standard InChI is InChI=1S/C14H14N2O3/c1-16-11(9-17)8-12(15-16)10-3-4-13-14(7-10)19-6-2-5-18-13/h3-4,7-9H,2,5-6H2,1H3. The van der Waals surface area contributed by atoms with Crippen molar-refractivity contribution in [3.8, 4) is 22.8 Å². The van der Waals surface area contributed by atoms with Crippen LogP contribution in [0.15, 0.2) is 24.3 Å². The number of aryl methyl sites for hydroxylation is 1. The summed E-state index contributed by atoms with van der Waals surface area (Å²) < 4.78 is 12.8. The Morgan fingerprint density at radius 1 is 1.21 bits per heavy atom. The first kappa shape index (κ1) is 11.8. The number of nitrogens with zero attached hydrogens (tertiary/aromatic N) is 2. The quantitative estimate of drug-likeness (QED) is 0.774. The minimum atomic E-state index is 0.544. The van der Waals surface area contributed by atoms with E-state index in [2.05, 4.69) is 5.10 Å². The van der Waals surface area contributed by atoms with Crippen molar-refractivity contribution in [2.75, 3.05) is 13.2 Å². The normalized spacial score (nSPS) is 13.9. The molecular formula is C14H14N2O3. The second kappa shape index (κ2) is 4.76. The summed E-state index contributed by atoms with van der Waals surface area (Å²) in [5, 5.41) is 4.31. The second-order valence-electron chi connectivity index (χ2n) is 4.41. The summed E-state index contributed by atoms with van der Waals surface area (Å²) in [6.07, 6.45) is 1.67. The van der Waals surface area contributed by atoms with Gasteiger partial charge in [0.2, 0.25) is 0 Å². The second-order valence-corrected chi connectivity index (χ2v) is 4.41. The summed E-state index contributed by atoms with van der Waals surface area (Å²) >= 11 is 0. The van der Waals surface area contributed by atoms with Gasteiger partial charge in [-0.1, -0.05) is 0 Å². The van der Waals surface area contributed by atoms with Gasteiger partial charge in [-0.3, -0.25) is 9.48 Å². The Balaban J connectivity index is 2.00. The molecule has 0 saturated heterocycles. The minimum absolute atomic E-state index is 0.544. The van der Waals surface area contributed by atoms with Crippen molar-refractivity contribution in [1.29, 1.82) is 0 Å². The SMILES string of the molecule is Cn1nc(-c2ccc3c(c2)OCCCO3)cc1C=O. The summed E-state index contributed by atoms with van der Waals surface area (Å²) in [5.74, 6) is 1.49. The zero-order valence-corrected chi connectivity index (χ0v) is 10.6. The molecular weight excluding hydrogens is 244 g/mol. The van der Waals surface area contributed by atoms with Crippen molar-refractivity contribution in [3.63, 3.8) is 0 Å². The van der Waals surface area contributed by atoms with Crippen LogP contribution in [-0.4, -0.2) is 29.3 Å². The molecule has 0 radical (unpaired) electrons. The smallest absolute Gasteiger partial charge is 0.168 e. The molecule has 0 fully saturated rings. The molecule has 0 unspecified atom stereocenters. The van der Waals surface area contributed by atoms with E-state index in [1.165, 1.54) is 0 Å². The molecule has 5 heteroatoms. The fraction of sp³-hybridized carbons (Fsp3) is 0.286. The summed E-state index contributed by atoms with van der Waals surface area (Å²) in [7, 11) is 1.75. The van der Waals surface area contributed by atoms with Gasteiger partial charge in [0.1, 0.15) is 5.69 Å². The lowest BCUT2D eigenvalue weighted by molar-refractivity contribution is 0.111. The van der Waals surface area contributed by atoms with Gasteiger partial charge in [0.15, 0.2) is 17.8 Å². The maximum absolute atomic E-state index is 10.8. The molecule has 2 heterocycles.